The number of benzene rings is 1. The van der Waals surface area contributed by atoms with Crippen LogP contribution in [-0.4, -0.2) is 32.0 Å². The Labute approximate surface area is 156 Å². The zero-order valence-electron chi connectivity index (χ0n) is 16.5. The van der Waals surface area contributed by atoms with Gasteiger partial charge in [0, 0.05) is 5.69 Å². The molecule has 26 heavy (non-hydrogen) atoms. The quantitative estimate of drug-likeness (QED) is 0.456. The van der Waals surface area contributed by atoms with Gasteiger partial charge in [-0.05, 0) is 64.8 Å². The van der Waals surface area contributed by atoms with Crippen LogP contribution >= 0.6 is 15.2 Å². The number of anilines is 1. The van der Waals surface area contributed by atoms with Crippen LogP contribution in [0.25, 0.3) is 0 Å². The summed E-state index contributed by atoms with van der Waals surface area (Å²) in [6, 6.07) is 5.62. The van der Waals surface area contributed by atoms with Crippen LogP contribution in [-0.2, 0) is 27.2 Å². The van der Waals surface area contributed by atoms with Gasteiger partial charge in [0.2, 0.25) is 5.52 Å². The lowest BCUT2D eigenvalue weighted by atomic mass is 10.1. The topological polar surface area (TPSA) is 83.1 Å². The second kappa shape index (κ2) is 10.6. The Hall–Kier alpha value is -0.680. The van der Waals surface area contributed by atoms with Crippen molar-refractivity contribution in [2.75, 3.05) is 31.7 Å². The van der Waals surface area contributed by atoms with Crippen LogP contribution in [0.1, 0.15) is 38.8 Å². The van der Waals surface area contributed by atoms with E-state index in [1.54, 1.807) is 27.7 Å². The van der Waals surface area contributed by atoms with Crippen LogP contribution in [0.2, 0.25) is 0 Å². The smallest absolute Gasteiger partial charge is 0.362 e. The van der Waals surface area contributed by atoms with Crippen molar-refractivity contribution in [1.29, 1.82) is 0 Å². The molecule has 0 aliphatic heterocycles. The Bertz CT molecular complexity index is 617. The predicted octanol–water partition coefficient (Wildman–Crippen LogP) is 5.53. The maximum atomic E-state index is 13.4. The molecule has 0 atom stereocenters. The molecule has 1 N–H and O–H groups in total. The van der Waals surface area contributed by atoms with Crippen LogP contribution in [0.5, 0.6) is 0 Å². The van der Waals surface area contributed by atoms with Crippen LogP contribution in [0, 0.1) is 13.8 Å². The summed E-state index contributed by atoms with van der Waals surface area (Å²) in [6.45, 7) is 11.3. The molecule has 9 heteroatoms. The maximum absolute atomic E-state index is 13.4. The third-order valence-corrected chi connectivity index (χ3v) is 9.26. The molecule has 7 nitrogen and oxygen atoms in total. The van der Waals surface area contributed by atoms with Gasteiger partial charge in [-0.2, -0.15) is 0 Å². The van der Waals surface area contributed by atoms with E-state index in [0.717, 1.165) is 11.1 Å². The molecule has 0 fully saturated rings. The van der Waals surface area contributed by atoms with Crippen LogP contribution in [0.4, 0.5) is 5.69 Å². The van der Waals surface area contributed by atoms with Gasteiger partial charge in [0.25, 0.3) is 0 Å². The van der Waals surface area contributed by atoms with E-state index in [4.69, 9.17) is 18.1 Å². The first kappa shape index (κ1) is 23.4. The zero-order chi connectivity index (χ0) is 19.8. The standard InChI is InChI=1S/C17H31NO6P2/c1-7-21-25(19,22-8-2)17(26(20,23-9-3)24-10-4)18-16-12-11-14(5)15(6)13-16/h11-13,17-18H,7-10H2,1-6H3. The molecule has 0 radical (unpaired) electrons. The highest BCUT2D eigenvalue weighted by Crippen LogP contribution is 2.70. The van der Waals surface area contributed by atoms with Crippen molar-refractivity contribution in [2.24, 2.45) is 0 Å². The summed E-state index contributed by atoms with van der Waals surface area (Å²) < 4.78 is 48.6. The normalized spacial score (nSPS) is 12.6. The van der Waals surface area contributed by atoms with Crippen molar-refractivity contribution in [3.8, 4) is 0 Å². The van der Waals surface area contributed by atoms with E-state index in [9.17, 15) is 9.13 Å². The second-order valence-electron chi connectivity index (χ2n) is 5.57. The van der Waals surface area contributed by atoms with Gasteiger partial charge in [-0.3, -0.25) is 9.13 Å². The van der Waals surface area contributed by atoms with Crippen molar-refractivity contribution >= 4 is 20.9 Å². The van der Waals surface area contributed by atoms with Gasteiger partial charge in [0.05, 0.1) is 26.4 Å². The van der Waals surface area contributed by atoms with Crippen LogP contribution in [0.3, 0.4) is 0 Å². The highest BCUT2D eigenvalue weighted by atomic mass is 31.2. The molecule has 1 aromatic carbocycles. The fraction of sp³-hybridized carbons (Fsp3) is 0.647. The van der Waals surface area contributed by atoms with Gasteiger partial charge >= 0.3 is 15.2 Å². The largest absolute Gasteiger partial charge is 0.365 e. The number of hydrogen-bond acceptors (Lipinski definition) is 7. The first-order valence-corrected chi connectivity index (χ1v) is 12.1. The summed E-state index contributed by atoms with van der Waals surface area (Å²) in [5.41, 5.74) is 1.52. The maximum Gasteiger partial charge on any atom is 0.365 e. The molecule has 0 saturated heterocycles. The summed E-state index contributed by atoms with van der Waals surface area (Å²) in [6.07, 6.45) is 0. The van der Waals surface area contributed by atoms with Gasteiger partial charge in [-0.25, -0.2) is 0 Å². The minimum atomic E-state index is -3.83. The van der Waals surface area contributed by atoms with Crippen molar-refractivity contribution < 1.29 is 27.2 Å². The van der Waals surface area contributed by atoms with Crippen molar-refractivity contribution in [3.05, 3.63) is 29.3 Å². The molecule has 0 heterocycles. The van der Waals surface area contributed by atoms with Gasteiger partial charge in [-0.15, -0.1) is 0 Å². The average molecular weight is 407 g/mol. The van der Waals surface area contributed by atoms with E-state index in [0.29, 0.717) is 5.69 Å². The Morgan fingerprint density at radius 2 is 1.23 bits per heavy atom. The van der Waals surface area contributed by atoms with Crippen LogP contribution < -0.4 is 5.32 Å². The number of hydrogen-bond donors (Lipinski definition) is 1. The molecule has 1 rings (SSSR count). The molecule has 1 aromatic rings. The summed E-state index contributed by atoms with van der Waals surface area (Å²) in [4.78, 5) is 0. The lowest BCUT2D eigenvalue weighted by Crippen LogP contribution is -2.25. The third kappa shape index (κ3) is 5.91. The molecule has 0 saturated carbocycles. The van der Waals surface area contributed by atoms with Crippen molar-refractivity contribution in [2.45, 2.75) is 47.1 Å². The van der Waals surface area contributed by atoms with Gasteiger partial charge in [0.1, 0.15) is 0 Å². The summed E-state index contributed by atoms with van der Waals surface area (Å²) in [5, 5.41) is 3.04. The van der Waals surface area contributed by atoms with E-state index < -0.39 is 20.7 Å². The summed E-state index contributed by atoms with van der Waals surface area (Å²) >= 11 is 0. The second-order valence-corrected chi connectivity index (χ2v) is 10.2. The number of nitrogens with one attached hydrogen (secondary N) is 1. The van der Waals surface area contributed by atoms with Crippen molar-refractivity contribution in [1.82, 2.24) is 0 Å². The first-order chi connectivity index (χ1) is 12.3. The highest BCUT2D eigenvalue weighted by Gasteiger charge is 2.51. The molecular formula is C17H31NO6P2. The molecule has 0 bridgehead atoms. The van der Waals surface area contributed by atoms with E-state index in [-0.39, 0.29) is 26.4 Å². The fourth-order valence-corrected chi connectivity index (χ4v) is 7.34. The molecule has 150 valence electrons. The molecule has 0 aromatic heterocycles. The average Bonchev–Trinajstić information content (AvgIpc) is 2.56. The summed E-state index contributed by atoms with van der Waals surface area (Å²) in [5.74, 6) is 0. The summed E-state index contributed by atoms with van der Waals surface area (Å²) in [7, 11) is -7.65. The molecule has 0 aliphatic carbocycles. The third-order valence-electron chi connectivity index (χ3n) is 3.64. The molecule has 0 aliphatic rings. The lowest BCUT2D eigenvalue weighted by Gasteiger charge is -2.32. The zero-order valence-corrected chi connectivity index (χ0v) is 18.3. The number of rotatable bonds is 12. The van der Waals surface area contributed by atoms with E-state index in [1.165, 1.54) is 0 Å². The Morgan fingerprint density at radius 1 is 0.808 bits per heavy atom. The Balaban J connectivity index is 3.41. The van der Waals surface area contributed by atoms with Gasteiger partial charge in [-0.1, -0.05) is 6.07 Å². The van der Waals surface area contributed by atoms with Gasteiger partial charge in [0.15, 0.2) is 0 Å². The van der Waals surface area contributed by atoms with Gasteiger partial charge < -0.3 is 23.4 Å². The van der Waals surface area contributed by atoms with Crippen molar-refractivity contribution in [3.63, 3.8) is 0 Å². The fourth-order valence-electron chi connectivity index (χ4n) is 2.39. The molecule has 0 unspecified atom stereocenters. The van der Waals surface area contributed by atoms with E-state index in [2.05, 4.69) is 5.32 Å². The minimum absolute atomic E-state index is 0.140. The van der Waals surface area contributed by atoms with E-state index in [1.807, 2.05) is 32.0 Å². The van der Waals surface area contributed by atoms with Crippen LogP contribution in [0.15, 0.2) is 18.2 Å². The Kier molecular flexibility index (Phi) is 9.53. The molecular weight excluding hydrogens is 376 g/mol. The number of aryl methyl sites for hydroxylation is 2. The monoisotopic (exact) mass is 407 g/mol. The Morgan fingerprint density at radius 3 is 1.58 bits per heavy atom. The lowest BCUT2D eigenvalue weighted by molar-refractivity contribution is 0.198. The molecule has 0 amide bonds. The SMILES string of the molecule is CCOP(=O)(OCC)C(Nc1ccc(C)c(C)c1)P(=O)(OCC)OCC. The first-order valence-electron chi connectivity index (χ1n) is 8.87. The highest BCUT2D eigenvalue weighted by molar-refractivity contribution is 7.72. The minimum Gasteiger partial charge on any atom is -0.362 e. The van der Waals surface area contributed by atoms with E-state index >= 15 is 0 Å². The molecule has 0 spiro atoms. The predicted molar refractivity (Wildman–Crippen MR) is 105 cm³/mol.